The van der Waals surface area contributed by atoms with Crippen LogP contribution >= 0.6 is 15.9 Å². The van der Waals surface area contributed by atoms with Gasteiger partial charge in [0.15, 0.2) is 5.76 Å². The Bertz CT molecular complexity index is 630. The third-order valence-electron chi connectivity index (χ3n) is 2.90. The quantitative estimate of drug-likeness (QED) is 0.511. The number of nitrogens with two attached hydrogens (primary N) is 1. The summed E-state index contributed by atoms with van der Waals surface area (Å²) in [6.07, 6.45) is 0. The number of furan rings is 1. The van der Waals surface area contributed by atoms with Crippen molar-refractivity contribution >= 4 is 21.8 Å². The molecule has 0 aliphatic heterocycles. The van der Waals surface area contributed by atoms with E-state index in [0.29, 0.717) is 12.3 Å². The van der Waals surface area contributed by atoms with E-state index >= 15 is 0 Å². The van der Waals surface area contributed by atoms with Crippen LogP contribution in [0, 0.1) is 20.8 Å². The fourth-order valence-electron chi connectivity index (χ4n) is 1.89. The number of rotatable bonds is 3. The Morgan fingerprint density at radius 1 is 1.53 bits per heavy atom. The van der Waals surface area contributed by atoms with Gasteiger partial charge in [-0.25, -0.2) is 5.84 Å². The average Bonchev–Trinajstić information content (AvgIpc) is 2.85. The summed E-state index contributed by atoms with van der Waals surface area (Å²) >= 11 is 3.47. The number of halogens is 1. The molecule has 0 saturated heterocycles. The molecule has 0 aliphatic rings. The lowest BCUT2D eigenvalue weighted by molar-refractivity contribution is 0.0923. The van der Waals surface area contributed by atoms with Crippen LogP contribution in [0.3, 0.4) is 0 Å². The summed E-state index contributed by atoms with van der Waals surface area (Å²) in [6, 6.07) is 1.81. The zero-order valence-corrected chi connectivity index (χ0v) is 12.5. The number of aryl methyl sites for hydroxylation is 2. The van der Waals surface area contributed by atoms with Crippen molar-refractivity contribution in [3.63, 3.8) is 0 Å². The first-order valence-electron chi connectivity index (χ1n) is 5.73. The van der Waals surface area contributed by atoms with E-state index in [4.69, 9.17) is 10.3 Å². The van der Waals surface area contributed by atoms with E-state index in [1.165, 1.54) is 0 Å². The largest absolute Gasteiger partial charge is 0.454 e. The molecule has 0 unspecified atom stereocenters. The number of amides is 1. The Morgan fingerprint density at radius 3 is 2.74 bits per heavy atom. The molecule has 0 bridgehead atoms. The van der Waals surface area contributed by atoms with E-state index < -0.39 is 5.91 Å². The molecule has 7 heteroatoms. The van der Waals surface area contributed by atoms with Crippen molar-refractivity contribution in [2.45, 2.75) is 27.3 Å². The van der Waals surface area contributed by atoms with E-state index in [2.05, 4.69) is 26.5 Å². The molecule has 102 valence electrons. The molecular formula is C12H15BrN4O2. The molecule has 2 rings (SSSR count). The van der Waals surface area contributed by atoms with Gasteiger partial charge in [-0.3, -0.25) is 14.9 Å². The highest BCUT2D eigenvalue weighted by Crippen LogP contribution is 2.22. The molecule has 6 nitrogen and oxygen atoms in total. The highest BCUT2D eigenvalue weighted by molar-refractivity contribution is 9.10. The third kappa shape index (κ3) is 2.57. The number of carbonyl (C=O) groups excluding carboxylic acids is 1. The van der Waals surface area contributed by atoms with Gasteiger partial charge in [0.25, 0.3) is 0 Å². The third-order valence-corrected chi connectivity index (χ3v) is 4.05. The van der Waals surface area contributed by atoms with Gasteiger partial charge < -0.3 is 4.42 Å². The van der Waals surface area contributed by atoms with Crippen LogP contribution in [-0.2, 0) is 6.54 Å². The maximum absolute atomic E-state index is 11.5. The second kappa shape index (κ2) is 5.18. The minimum Gasteiger partial charge on any atom is -0.454 e. The van der Waals surface area contributed by atoms with Crippen LogP contribution in [0.4, 0.5) is 0 Å². The lowest BCUT2D eigenvalue weighted by Crippen LogP contribution is -2.30. The van der Waals surface area contributed by atoms with Gasteiger partial charge in [0.1, 0.15) is 5.76 Å². The first kappa shape index (κ1) is 13.8. The van der Waals surface area contributed by atoms with Crippen LogP contribution in [-0.4, -0.2) is 15.7 Å². The van der Waals surface area contributed by atoms with Crippen molar-refractivity contribution < 1.29 is 9.21 Å². The number of nitrogen functional groups attached to an aromatic ring is 1. The number of hydrogen-bond donors (Lipinski definition) is 2. The molecule has 2 aromatic heterocycles. The predicted octanol–water partition coefficient (Wildman–Crippen LogP) is 1.82. The van der Waals surface area contributed by atoms with Crippen LogP contribution < -0.4 is 11.3 Å². The van der Waals surface area contributed by atoms with Gasteiger partial charge >= 0.3 is 5.91 Å². The minimum atomic E-state index is -0.432. The topological polar surface area (TPSA) is 86.1 Å². The van der Waals surface area contributed by atoms with Crippen molar-refractivity contribution in [3.8, 4) is 0 Å². The average molecular weight is 327 g/mol. The van der Waals surface area contributed by atoms with Crippen molar-refractivity contribution in [3.05, 3.63) is 39.0 Å². The van der Waals surface area contributed by atoms with Gasteiger partial charge in [-0.2, -0.15) is 5.10 Å². The molecule has 0 fully saturated rings. The van der Waals surface area contributed by atoms with E-state index in [1.54, 1.807) is 6.92 Å². The SMILES string of the molecule is Cc1cc(Cn2nc(C)c(Br)c2C)oc1C(=O)NN. The van der Waals surface area contributed by atoms with Gasteiger partial charge in [0.2, 0.25) is 0 Å². The standard InChI is InChI=1S/C12H15BrN4O2/c1-6-4-9(19-11(6)12(18)15-14)5-17-8(3)10(13)7(2)16-17/h4H,5,14H2,1-3H3,(H,15,18). The fraction of sp³-hybridized carbons (Fsp3) is 0.333. The lowest BCUT2D eigenvalue weighted by Gasteiger charge is -2.01. The Labute approximate surface area is 119 Å². The Balaban J connectivity index is 2.29. The molecular weight excluding hydrogens is 312 g/mol. The molecule has 2 heterocycles. The molecule has 19 heavy (non-hydrogen) atoms. The van der Waals surface area contributed by atoms with Gasteiger partial charge in [-0.1, -0.05) is 0 Å². The number of nitrogens with zero attached hydrogens (tertiary/aromatic N) is 2. The second-order valence-corrected chi connectivity index (χ2v) is 5.13. The second-order valence-electron chi connectivity index (χ2n) is 4.34. The molecule has 0 radical (unpaired) electrons. The summed E-state index contributed by atoms with van der Waals surface area (Å²) in [6.45, 7) is 6.16. The number of hydrogen-bond acceptors (Lipinski definition) is 4. The monoisotopic (exact) mass is 326 g/mol. The molecule has 3 N–H and O–H groups in total. The number of aromatic nitrogens is 2. The predicted molar refractivity (Wildman–Crippen MR) is 73.6 cm³/mol. The summed E-state index contributed by atoms with van der Waals surface area (Å²) in [5.74, 6) is 5.56. The van der Waals surface area contributed by atoms with Gasteiger partial charge in [0.05, 0.1) is 22.4 Å². The van der Waals surface area contributed by atoms with Crippen molar-refractivity contribution in [2.75, 3.05) is 0 Å². The molecule has 0 atom stereocenters. The van der Waals surface area contributed by atoms with Crippen LogP contribution in [0.15, 0.2) is 15.0 Å². The maximum Gasteiger partial charge on any atom is 0.301 e. The maximum atomic E-state index is 11.5. The molecule has 2 aromatic rings. The highest BCUT2D eigenvalue weighted by Gasteiger charge is 2.16. The van der Waals surface area contributed by atoms with E-state index in [0.717, 1.165) is 21.4 Å². The number of carbonyl (C=O) groups is 1. The van der Waals surface area contributed by atoms with Gasteiger partial charge in [-0.05, 0) is 42.8 Å². The highest BCUT2D eigenvalue weighted by atomic mass is 79.9. The molecule has 1 amide bonds. The van der Waals surface area contributed by atoms with Crippen LogP contribution in [0.5, 0.6) is 0 Å². The van der Waals surface area contributed by atoms with Crippen LogP contribution in [0.25, 0.3) is 0 Å². The van der Waals surface area contributed by atoms with Crippen molar-refractivity contribution in [1.82, 2.24) is 15.2 Å². The fourth-order valence-corrected chi connectivity index (χ4v) is 2.18. The van der Waals surface area contributed by atoms with E-state index in [9.17, 15) is 4.79 Å². The van der Waals surface area contributed by atoms with E-state index in [1.807, 2.05) is 24.6 Å². The zero-order chi connectivity index (χ0) is 14.2. The summed E-state index contributed by atoms with van der Waals surface area (Å²) in [5.41, 5.74) is 4.74. The normalized spacial score (nSPS) is 10.8. The number of hydrazine groups is 1. The minimum absolute atomic E-state index is 0.234. The summed E-state index contributed by atoms with van der Waals surface area (Å²) in [4.78, 5) is 11.5. The van der Waals surface area contributed by atoms with Gasteiger partial charge in [-0.15, -0.1) is 0 Å². The Morgan fingerprint density at radius 2 is 2.21 bits per heavy atom. The Kier molecular flexibility index (Phi) is 3.77. The number of nitrogens with one attached hydrogen (secondary N) is 1. The van der Waals surface area contributed by atoms with Crippen molar-refractivity contribution in [2.24, 2.45) is 5.84 Å². The molecule has 0 aromatic carbocycles. The summed E-state index contributed by atoms with van der Waals surface area (Å²) in [5, 5.41) is 4.39. The van der Waals surface area contributed by atoms with Crippen molar-refractivity contribution in [1.29, 1.82) is 0 Å². The van der Waals surface area contributed by atoms with Crippen LogP contribution in [0.2, 0.25) is 0 Å². The van der Waals surface area contributed by atoms with Gasteiger partial charge in [0, 0.05) is 5.56 Å². The lowest BCUT2D eigenvalue weighted by atomic mass is 10.2. The molecule has 0 spiro atoms. The molecule has 0 aliphatic carbocycles. The first-order chi connectivity index (χ1) is 8.93. The zero-order valence-electron chi connectivity index (χ0n) is 11.0. The summed E-state index contributed by atoms with van der Waals surface area (Å²) < 4.78 is 8.31. The smallest absolute Gasteiger partial charge is 0.301 e. The van der Waals surface area contributed by atoms with E-state index in [-0.39, 0.29) is 5.76 Å². The van der Waals surface area contributed by atoms with Crippen LogP contribution in [0.1, 0.15) is 33.3 Å². The summed E-state index contributed by atoms with van der Waals surface area (Å²) in [7, 11) is 0. The first-order valence-corrected chi connectivity index (χ1v) is 6.53. The Hall–Kier alpha value is -1.60. The molecule has 0 saturated carbocycles.